The van der Waals surface area contributed by atoms with Crippen molar-refractivity contribution >= 4 is 5.97 Å². The first-order valence-corrected chi connectivity index (χ1v) is 5.62. The zero-order chi connectivity index (χ0) is 11.4. The van der Waals surface area contributed by atoms with Crippen molar-refractivity contribution in [1.82, 2.24) is 0 Å². The molecule has 1 heterocycles. The Hall–Kier alpha value is -1.35. The number of benzene rings is 1. The lowest BCUT2D eigenvalue weighted by atomic mass is 10.1. The van der Waals surface area contributed by atoms with Crippen molar-refractivity contribution < 1.29 is 14.3 Å². The van der Waals surface area contributed by atoms with Gasteiger partial charge in [0, 0.05) is 6.61 Å². The van der Waals surface area contributed by atoms with Crippen molar-refractivity contribution in [3.8, 4) is 0 Å². The van der Waals surface area contributed by atoms with Gasteiger partial charge in [-0.15, -0.1) is 0 Å². The third kappa shape index (κ3) is 2.61. The van der Waals surface area contributed by atoms with Crippen LogP contribution >= 0.6 is 0 Å². The second-order valence-corrected chi connectivity index (χ2v) is 4.05. The number of carbonyl (C=O) groups is 1. The molecule has 0 bridgehead atoms. The molecule has 1 atom stereocenters. The predicted octanol–water partition coefficient (Wildman–Crippen LogP) is 2.33. The summed E-state index contributed by atoms with van der Waals surface area (Å²) >= 11 is 0. The Morgan fingerprint density at radius 2 is 2.31 bits per heavy atom. The van der Waals surface area contributed by atoms with Crippen molar-refractivity contribution in [2.24, 2.45) is 0 Å². The summed E-state index contributed by atoms with van der Waals surface area (Å²) < 4.78 is 10.6. The van der Waals surface area contributed by atoms with Crippen LogP contribution in [0, 0.1) is 6.92 Å². The second-order valence-electron chi connectivity index (χ2n) is 4.05. The zero-order valence-corrected chi connectivity index (χ0v) is 9.44. The summed E-state index contributed by atoms with van der Waals surface area (Å²) in [6, 6.07) is 7.44. The van der Waals surface area contributed by atoms with Crippen LogP contribution in [0.5, 0.6) is 0 Å². The van der Waals surface area contributed by atoms with Crippen molar-refractivity contribution in [2.75, 3.05) is 13.2 Å². The zero-order valence-electron chi connectivity index (χ0n) is 9.44. The third-order valence-electron chi connectivity index (χ3n) is 2.79. The molecule has 0 radical (unpaired) electrons. The van der Waals surface area contributed by atoms with E-state index < -0.39 is 0 Å². The molecule has 0 amide bonds. The van der Waals surface area contributed by atoms with Crippen LogP contribution in [0.1, 0.15) is 28.8 Å². The molecule has 2 rings (SSSR count). The minimum atomic E-state index is -0.256. The monoisotopic (exact) mass is 220 g/mol. The van der Waals surface area contributed by atoms with Crippen LogP contribution in [0.15, 0.2) is 24.3 Å². The first-order valence-electron chi connectivity index (χ1n) is 5.62. The molecule has 1 unspecified atom stereocenters. The summed E-state index contributed by atoms with van der Waals surface area (Å²) in [5.41, 5.74) is 1.58. The van der Waals surface area contributed by atoms with Crippen molar-refractivity contribution in [3.05, 3.63) is 35.4 Å². The van der Waals surface area contributed by atoms with Crippen molar-refractivity contribution in [3.63, 3.8) is 0 Å². The number of carbonyl (C=O) groups excluding carboxylic acids is 1. The Kier molecular flexibility index (Phi) is 3.57. The van der Waals surface area contributed by atoms with Gasteiger partial charge < -0.3 is 9.47 Å². The van der Waals surface area contributed by atoms with Gasteiger partial charge in [0.25, 0.3) is 0 Å². The van der Waals surface area contributed by atoms with Crippen molar-refractivity contribution in [2.45, 2.75) is 25.9 Å². The first kappa shape index (κ1) is 11.1. The predicted molar refractivity (Wildman–Crippen MR) is 60.4 cm³/mol. The molecule has 0 saturated carbocycles. The molecule has 0 spiro atoms. The van der Waals surface area contributed by atoms with E-state index in [0.29, 0.717) is 12.2 Å². The van der Waals surface area contributed by atoms with Gasteiger partial charge in [0.05, 0.1) is 11.7 Å². The van der Waals surface area contributed by atoms with E-state index in [2.05, 4.69) is 0 Å². The minimum absolute atomic E-state index is 0.0907. The van der Waals surface area contributed by atoms with Crippen LogP contribution in [0.2, 0.25) is 0 Å². The normalized spacial score (nSPS) is 19.7. The van der Waals surface area contributed by atoms with Gasteiger partial charge in [0.1, 0.15) is 6.61 Å². The molecule has 3 heteroatoms. The van der Waals surface area contributed by atoms with Crippen LogP contribution in [0.4, 0.5) is 0 Å². The van der Waals surface area contributed by atoms with Gasteiger partial charge in [0.15, 0.2) is 0 Å². The molecule has 1 aromatic rings. The number of hydrogen-bond acceptors (Lipinski definition) is 3. The molecule has 1 fully saturated rings. The highest BCUT2D eigenvalue weighted by molar-refractivity contribution is 5.90. The maximum absolute atomic E-state index is 11.7. The highest BCUT2D eigenvalue weighted by Gasteiger charge is 2.18. The Labute approximate surface area is 95.4 Å². The molecule has 0 aliphatic carbocycles. The van der Waals surface area contributed by atoms with Crippen LogP contribution in [-0.2, 0) is 9.47 Å². The average molecular weight is 220 g/mol. The number of esters is 1. The fourth-order valence-corrected chi connectivity index (χ4v) is 1.82. The Morgan fingerprint density at radius 3 is 3.00 bits per heavy atom. The number of hydrogen-bond donors (Lipinski definition) is 0. The summed E-state index contributed by atoms with van der Waals surface area (Å²) in [6.45, 7) is 3.06. The highest BCUT2D eigenvalue weighted by Crippen LogP contribution is 2.14. The summed E-state index contributed by atoms with van der Waals surface area (Å²) in [5, 5.41) is 0. The number of aryl methyl sites for hydroxylation is 1. The van der Waals surface area contributed by atoms with E-state index in [4.69, 9.17) is 9.47 Å². The van der Waals surface area contributed by atoms with E-state index in [1.165, 1.54) is 0 Å². The molecule has 1 aliphatic heterocycles. The molecular formula is C13H16O3. The average Bonchev–Trinajstić information content (AvgIpc) is 2.79. The quantitative estimate of drug-likeness (QED) is 0.733. The molecule has 3 nitrogen and oxygen atoms in total. The highest BCUT2D eigenvalue weighted by atomic mass is 16.6. The van der Waals surface area contributed by atoms with Gasteiger partial charge in [-0.1, -0.05) is 18.2 Å². The van der Waals surface area contributed by atoms with E-state index in [1.807, 2.05) is 25.1 Å². The topological polar surface area (TPSA) is 35.5 Å². The molecule has 1 aromatic carbocycles. The van der Waals surface area contributed by atoms with E-state index in [1.54, 1.807) is 6.07 Å². The lowest BCUT2D eigenvalue weighted by Gasteiger charge is -2.11. The smallest absolute Gasteiger partial charge is 0.338 e. The van der Waals surface area contributed by atoms with E-state index in [0.717, 1.165) is 25.0 Å². The maximum atomic E-state index is 11.7. The van der Waals surface area contributed by atoms with Gasteiger partial charge in [-0.3, -0.25) is 0 Å². The fourth-order valence-electron chi connectivity index (χ4n) is 1.82. The lowest BCUT2D eigenvalue weighted by molar-refractivity contribution is 0.0160. The Morgan fingerprint density at radius 1 is 1.50 bits per heavy atom. The molecule has 16 heavy (non-hydrogen) atoms. The molecule has 0 N–H and O–H groups in total. The largest absolute Gasteiger partial charge is 0.459 e. The van der Waals surface area contributed by atoms with E-state index in [-0.39, 0.29) is 12.1 Å². The standard InChI is InChI=1S/C13H16O3/c1-10-5-2-3-7-12(10)13(14)16-9-11-6-4-8-15-11/h2-3,5,7,11H,4,6,8-9H2,1H3. The van der Waals surface area contributed by atoms with Crippen LogP contribution in [-0.4, -0.2) is 25.3 Å². The van der Waals surface area contributed by atoms with Gasteiger partial charge in [-0.2, -0.15) is 0 Å². The van der Waals surface area contributed by atoms with E-state index >= 15 is 0 Å². The summed E-state index contributed by atoms with van der Waals surface area (Å²) in [7, 11) is 0. The van der Waals surface area contributed by atoms with Gasteiger partial charge >= 0.3 is 5.97 Å². The summed E-state index contributed by atoms with van der Waals surface area (Å²) in [5.74, 6) is -0.256. The molecule has 86 valence electrons. The maximum Gasteiger partial charge on any atom is 0.338 e. The lowest BCUT2D eigenvalue weighted by Crippen LogP contribution is -2.18. The molecule has 0 aromatic heterocycles. The Balaban J connectivity index is 1.90. The van der Waals surface area contributed by atoms with Crippen LogP contribution in [0.3, 0.4) is 0 Å². The Bertz CT molecular complexity index is 367. The third-order valence-corrected chi connectivity index (χ3v) is 2.79. The second kappa shape index (κ2) is 5.12. The summed E-state index contributed by atoms with van der Waals surface area (Å²) in [4.78, 5) is 11.7. The first-order chi connectivity index (χ1) is 7.77. The summed E-state index contributed by atoms with van der Waals surface area (Å²) in [6.07, 6.45) is 2.14. The number of rotatable bonds is 3. The van der Waals surface area contributed by atoms with Crippen molar-refractivity contribution in [1.29, 1.82) is 0 Å². The van der Waals surface area contributed by atoms with Crippen LogP contribution < -0.4 is 0 Å². The number of ether oxygens (including phenoxy) is 2. The molecular weight excluding hydrogens is 204 g/mol. The molecule has 1 saturated heterocycles. The van der Waals surface area contributed by atoms with Gasteiger partial charge in [0.2, 0.25) is 0 Å². The minimum Gasteiger partial charge on any atom is -0.459 e. The fraction of sp³-hybridized carbons (Fsp3) is 0.462. The SMILES string of the molecule is Cc1ccccc1C(=O)OCC1CCCO1. The van der Waals surface area contributed by atoms with Gasteiger partial charge in [-0.25, -0.2) is 4.79 Å². The van der Waals surface area contributed by atoms with Crippen LogP contribution in [0.25, 0.3) is 0 Å². The molecule has 1 aliphatic rings. The van der Waals surface area contributed by atoms with E-state index in [9.17, 15) is 4.79 Å². The van der Waals surface area contributed by atoms with Gasteiger partial charge in [-0.05, 0) is 31.4 Å².